The van der Waals surface area contributed by atoms with Crippen LogP contribution in [0.15, 0.2) is 0 Å². The van der Waals surface area contributed by atoms with E-state index in [9.17, 15) is 4.79 Å². The average molecular weight is 260 g/mol. The van der Waals surface area contributed by atoms with Crippen LogP contribution in [0.3, 0.4) is 0 Å². The van der Waals surface area contributed by atoms with Gasteiger partial charge in [0.25, 0.3) is 0 Å². The van der Waals surface area contributed by atoms with E-state index >= 15 is 0 Å². The van der Waals surface area contributed by atoms with Crippen molar-refractivity contribution in [1.29, 1.82) is 0 Å². The van der Waals surface area contributed by atoms with Crippen LogP contribution in [0.5, 0.6) is 0 Å². The van der Waals surface area contributed by atoms with Gasteiger partial charge < -0.3 is 5.32 Å². The highest BCUT2D eigenvalue weighted by molar-refractivity contribution is 9.09. The lowest BCUT2D eigenvalue weighted by atomic mass is 10.0. The Balaban J connectivity index is 1.72. The minimum absolute atomic E-state index is 0.297. The number of halogens is 1. The molecule has 0 spiro atoms. The largest absolute Gasteiger partial charge is 0.353 e. The molecule has 0 heterocycles. The normalized spacial score (nSPS) is 36.3. The first-order valence-electron chi connectivity index (χ1n) is 5.57. The van der Waals surface area contributed by atoms with Crippen molar-refractivity contribution in [1.82, 2.24) is 5.32 Å². The molecule has 2 saturated carbocycles. The molecule has 0 bridgehead atoms. The number of fused-ring (bicyclic) bond motifs is 1. The van der Waals surface area contributed by atoms with Crippen molar-refractivity contribution in [3.63, 3.8) is 0 Å². The fourth-order valence-electron chi connectivity index (χ4n) is 2.53. The van der Waals surface area contributed by atoms with E-state index in [1.807, 2.05) is 0 Å². The average Bonchev–Trinajstić information content (AvgIpc) is 2.74. The smallest absolute Gasteiger partial charge is 0.223 e. The number of carbonyl (C=O) groups excluding carboxylic acids is 1. The Kier molecular flexibility index (Phi) is 3.15. The maximum absolute atomic E-state index is 11.8. The van der Waals surface area contributed by atoms with Gasteiger partial charge in [-0.3, -0.25) is 4.79 Å². The van der Waals surface area contributed by atoms with Gasteiger partial charge in [-0.1, -0.05) is 15.9 Å². The van der Waals surface area contributed by atoms with Crippen molar-refractivity contribution >= 4 is 21.8 Å². The summed E-state index contributed by atoms with van der Waals surface area (Å²) in [5.74, 6) is 2.43. The number of hydrogen-bond donors (Lipinski definition) is 1. The SMILES string of the molecule is CC(CCBr)NC(=O)C1CC2CC2C1. The third-order valence-electron chi connectivity index (χ3n) is 3.55. The molecule has 0 saturated heterocycles. The van der Waals surface area contributed by atoms with E-state index in [0.29, 0.717) is 17.9 Å². The van der Waals surface area contributed by atoms with E-state index in [0.717, 1.165) is 36.4 Å². The molecule has 2 aliphatic carbocycles. The molecule has 80 valence electrons. The van der Waals surface area contributed by atoms with Crippen molar-refractivity contribution in [2.75, 3.05) is 5.33 Å². The van der Waals surface area contributed by atoms with Gasteiger partial charge in [-0.15, -0.1) is 0 Å². The second kappa shape index (κ2) is 4.21. The molecule has 0 aromatic carbocycles. The Bertz CT molecular complexity index is 221. The van der Waals surface area contributed by atoms with Gasteiger partial charge in [0.1, 0.15) is 0 Å². The molecule has 3 heteroatoms. The number of nitrogens with one attached hydrogen (secondary N) is 1. The summed E-state index contributed by atoms with van der Waals surface area (Å²) >= 11 is 3.39. The van der Waals surface area contributed by atoms with Crippen molar-refractivity contribution in [2.24, 2.45) is 17.8 Å². The molecule has 2 nitrogen and oxygen atoms in total. The molecule has 1 amide bonds. The number of rotatable bonds is 4. The third kappa shape index (κ3) is 2.30. The van der Waals surface area contributed by atoms with E-state index < -0.39 is 0 Å². The molecule has 14 heavy (non-hydrogen) atoms. The minimum atomic E-state index is 0.297. The van der Waals surface area contributed by atoms with Gasteiger partial charge in [0.05, 0.1) is 0 Å². The molecule has 3 unspecified atom stereocenters. The minimum Gasteiger partial charge on any atom is -0.353 e. The lowest BCUT2D eigenvalue weighted by Gasteiger charge is -2.16. The third-order valence-corrected chi connectivity index (χ3v) is 4.00. The van der Waals surface area contributed by atoms with Gasteiger partial charge in [-0.05, 0) is 44.4 Å². The fraction of sp³-hybridized carbons (Fsp3) is 0.909. The number of carbonyl (C=O) groups is 1. The fourth-order valence-corrected chi connectivity index (χ4v) is 3.21. The maximum Gasteiger partial charge on any atom is 0.223 e. The Labute approximate surface area is 94.0 Å². The van der Waals surface area contributed by atoms with Crippen LogP contribution in [0.25, 0.3) is 0 Å². The molecular weight excluding hydrogens is 242 g/mol. The lowest BCUT2D eigenvalue weighted by molar-refractivity contribution is -0.125. The molecule has 0 aromatic heterocycles. The Morgan fingerprint density at radius 3 is 2.64 bits per heavy atom. The molecule has 2 rings (SSSR count). The molecular formula is C11H18BrNO. The Morgan fingerprint density at radius 1 is 1.43 bits per heavy atom. The molecule has 0 aromatic rings. The first kappa shape index (κ1) is 10.5. The van der Waals surface area contributed by atoms with Crippen LogP contribution in [-0.4, -0.2) is 17.3 Å². The van der Waals surface area contributed by atoms with E-state index in [2.05, 4.69) is 28.2 Å². The summed E-state index contributed by atoms with van der Waals surface area (Å²) < 4.78 is 0. The second-order valence-electron chi connectivity index (χ2n) is 4.81. The Morgan fingerprint density at radius 2 is 2.07 bits per heavy atom. The molecule has 2 fully saturated rings. The summed E-state index contributed by atoms with van der Waals surface area (Å²) in [5.41, 5.74) is 0. The summed E-state index contributed by atoms with van der Waals surface area (Å²) in [7, 11) is 0. The zero-order chi connectivity index (χ0) is 10.1. The molecule has 2 aliphatic rings. The summed E-state index contributed by atoms with van der Waals surface area (Å²) in [6.45, 7) is 2.08. The quantitative estimate of drug-likeness (QED) is 0.772. The summed E-state index contributed by atoms with van der Waals surface area (Å²) in [5, 5.41) is 4.06. The highest BCUT2D eigenvalue weighted by Crippen LogP contribution is 2.54. The van der Waals surface area contributed by atoms with E-state index in [1.165, 1.54) is 6.42 Å². The topological polar surface area (TPSA) is 29.1 Å². The molecule has 3 atom stereocenters. The van der Waals surface area contributed by atoms with Crippen molar-refractivity contribution in [3.05, 3.63) is 0 Å². The van der Waals surface area contributed by atoms with Crippen LogP contribution in [0.4, 0.5) is 0 Å². The summed E-state index contributed by atoms with van der Waals surface area (Å²) in [6, 6.07) is 0.318. The van der Waals surface area contributed by atoms with E-state index in [1.54, 1.807) is 0 Å². The first-order chi connectivity index (χ1) is 6.70. The molecule has 0 radical (unpaired) electrons. The number of hydrogen-bond acceptors (Lipinski definition) is 1. The predicted octanol–water partition coefficient (Wildman–Crippen LogP) is 2.32. The van der Waals surface area contributed by atoms with Crippen LogP contribution >= 0.6 is 15.9 Å². The zero-order valence-corrected chi connectivity index (χ0v) is 10.2. The Hall–Kier alpha value is -0.0500. The van der Waals surface area contributed by atoms with Crippen LogP contribution in [-0.2, 0) is 4.79 Å². The van der Waals surface area contributed by atoms with Gasteiger partial charge >= 0.3 is 0 Å². The lowest BCUT2D eigenvalue weighted by Crippen LogP contribution is -2.37. The highest BCUT2D eigenvalue weighted by atomic mass is 79.9. The van der Waals surface area contributed by atoms with E-state index in [4.69, 9.17) is 0 Å². The summed E-state index contributed by atoms with van der Waals surface area (Å²) in [6.07, 6.45) is 4.71. The van der Waals surface area contributed by atoms with Crippen LogP contribution in [0, 0.1) is 17.8 Å². The maximum atomic E-state index is 11.8. The number of alkyl halides is 1. The van der Waals surface area contributed by atoms with Gasteiger partial charge in [0.15, 0.2) is 0 Å². The van der Waals surface area contributed by atoms with Crippen molar-refractivity contribution < 1.29 is 4.79 Å². The first-order valence-corrected chi connectivity index (χ1v) is 6.69. The van der Waals surface area contributed by atoms with Gasteiger partial charge in [0, 0.05) is 17.3 Å². The van der Waals surface area contributed by atoms with Crippen LogP contribution in [0.1, 0.15) is 32.6 Å². The second-order valence-corrected chi connectivity index (χ2v) is 5.60. The predicted molar refractivity (Wildman–Crippen MR) is 60.3 cm³/mol. The standard InChI is InChI=1S/C11H18BrNO/c1-7(2-3-12)13-11(14)10-5-8-4-9(8)6-10/h7-10H,2-6H2,1H3,(H,13,14). The van der Waals surface area contributed by atoms with Crippen molar-refractivity contribution in [2.45, 2.75) is 38.6 Å². The van der Waals surface area contributed by atoms with Crippen LogP contribution < -0.4 is 5.32 Å². The van der Waals surface area contributed by atoms with Crippen molar-refractivity contribution in [3.8, 4) is 0 Å². The summed E-state index contributed by atoms with van der Waals surface area (Å²) in [4.78, 5) is 11.8. The molecule has 1 N–H and O–H groups in total. The highest BCUT2D eigenvalue weighted by Gasteiger charge is 2.47. The molecule has 0 aliphatic heterocycles. The van der Waals surface area contributed by atoms with Gasteiger partial charge in [0.2, 0.25) is 5.91 Å². The van der Waals surface area contributed by atoms with Crippen LogP contribution in [0.2, 0.25) is 0 Å². The monoisotopic (exact) mass is 259 g/mol. The van der Waals surface area contributed by atoms with Gasteiger partial charge in [-0.2, -0.15) is 0 Å². The van der Waals surface area contributed by atoms with Gasteiger partial charge in [-0.25, -0.2) is 0 Å². The number of amides is 1. The zero-order valence-electron chi connectivity index (χ0n) is 8.63. The van der Waals surface area contributed by atoms with E-state index in [-0.39, 0.29) is 0 Å².